The first kappa shape index (κ1) is 34.7. The van der Waals surface area contributed by atoms with Crippen LogP contribution in [0.5, 0.6) is 5.75 Å². The van der Waals surface area contributed by atoms with Crippen LogP contribution in [0.25, 0.3) is 5.57 Å². The Labute approximate surface area is 246 Å². The molecular formula is C28H29F9N4O3. The highest BCUT2D eigenvalue weighted by molar-refractivity contribution is 6.10. The van der Waals surface area contributed by atoms with Crippen LogP contribution in [0.4, 0.5) is 50.0 Å². The van der Waals surface area contributed by atoms with Gasteiger partial charge in [-0.2, -0.15) is 26.3 Å². The lowest BCUT2D eigenvalue weighted by molar-refractivity contribution is -0.143. The van der Waals surface area contributed by atoms with E-state index < -0.39 is 83.3 Å². The van der Waals surface area contributed by atoms with Crippen LogP contribution in [-0.2, 0) is 12.4 Å². The average Bonchev–Trinajstić information content (AvgIpc) is 3.24. The summed E-state index contributed by atoms with van der Waals surface area (Å²) < 4.78 is 129. The average molecular weight is 641 g/mol. The van der Waals surface area contributed by atoms with Crippen molar-refractivity contribution in [1.29, 1.82) is 5.41 Å². The summed E-state index contributed by atoms with van der Waals surface area (Å²) in [7, 11) is 0. The number of amides is 1. The Morgan fingerprint density at radius 1 is 1.14 bits per heavy atom. The largest absolute Gasteiger partial charge is 0.420 e. The van der Waals surface area contributed by atoms with E-state index in [9.17, 15) is 49.4 Å². The molecule has 3 N–H and O–H groups in total. The summed E-state index contributed by atoms with van der Waals surface area (Å²) >= 11 is 0. The summed E-state index contributed by atoms with van der Waals surface area (Å²) in [6.07, 6.45) is -12.6. The van der Waals surface area contributed by atoms with Crippen LogP contribution in [0.2, 0.25) is 0 Å². The van der Waals surface area contributed by atoms with Crippen LogP contribution in [0.15, 0.2) is 42.6 Å². The summed E-state index contributed by atoms with van der Waals surface area (Å²) in [6, 6.07) is 3.54. The van der Waals surface area contributed by atoms with Gasteiger partial charge in [0, 0.05) is 61.3 Å². The van der Waals surface area contributed by atoms with Crippen molar-refractivity contribution in [3.8, 4) is 5.75 Å². The molecule has 0 aromatic heterocycles. The number of aliphatic hydroxyl groups is 1. The van der Waals surface area contributed by atoms with Crippen LogP contribution in [-0.4, -0.2) is 66.6 Å². The summed E-state index contributed by atoms with van der Waals surface area (Å²) in [6.45, 7) is 1.78. The van der Waals surface area contributed by atoms with Gasteiger partial charge >= 0.3 is 18.4 Å². The number of aliphatic hydroxyl groups excluding tert-OH is 1. The van der Waals surface area contributed by atoms with Crippen LogP contribution < -0.4 is 15.0 Å². The molecule has 2 aromatic rings. The number of alkyl halides is 8. The molecule has 0 aliphatic carbocycles. The maximum atomic E-state index is 14.2. The molecule has 1 amide bonds. The van der Waals surface area contributed by atoms with Crippen molar-refractivity contribution in [2.24, 2.45) is 0 Å². The number of hydrogen-bond acceptors (Lipinski definition) is 6. The van der Waals surface area contributed by atoms with Gasteiger partial charge in [0.1, 0.15) is 5.82 Å². The number of halogens is 9. The van der Waals surface area contributed by atoms with Crippen molar-refractivity contribution < 1.29 is 54.2 Å². The second-order valence-corrected chi connectivity index (χ2v) is 10.4. The van der Waals surface area contributed by atoms with Gasteiger partial charge in [0.25, 0.3) is 5.92 Å². The van der Waals surface area contributed by atoms with Gasteiger partial charge in [0.15, 0.2) is 5.75 Å². The molecule has 0 radical (unpaired) electrons. The first-order chi connectivity index (χ1) is 20.3. The fourth-order valence-corrected chi connectivity index (χ4v) is 4.51. The van der Waals surface area contributed by atoms with Gasteiger partial charge in [-0.05, 0) is 50.2 Å². The number of nitrogens with zero attached hydrogens (tertiary/aromatic N) is 2. The summed E-state index contributed by atoms with van der Waals surface area (Å²) in [5.74, 6) is -4.93. The molecule has 1 aliphatic rings. The minimum atomic E-state index is -5.46. The van der Waals surface area contributed by atoms with Gasteiger partial charge in [-0.15, -0.1) is 0 Å². The molecule has 2 aromatic carbocycles. The molecule has 0 spiro atoms. The maximum absolute atomic E-state index is 14.2. The van der Waals surface area contributed by atoms with Gasteiger partial charge in [-0.25, -0.2) is 18.0 Å². The summed E-state index contributed by atoms with van der Waals surface area (Å²) in [4.78, 5) is 15.4. The fourth-order valence-electron chi connectivity index (χ4n) is 4.51. The standard InChI is InChI=1S/C28H29F9N4O3/c1-16(2)41(20-5-3-19(29)4-6-20)25(43)44-24-22(9-18(27(32,33)34)10-23(24)28(35,36)37)17(11-38)12-39-13-21(42)14-40-8-7-26(30,31)15-40/h3-6,9-12,16,21,38-39,42H,7-8,13-15H2,1-2H3/b17-12+,38-11?. The highest BCUT2D eigenvalue weighted by Gasteiger charge is 2.42. The van der Waals surface area contributed by atoms with Crippen molar-refractivity contribution >= 4 is 23.6 Å². The Morgan fingerprint density at radius 3 is 2.27 bits per heavy atom. The van der Waals surface area contributed by atoms with Crippen LogP contribution in [0.1, 0.15) is 37.0 Å². The zero-order chi connectivity index (χ0) is 33.0. The molecule has 44 heavy (non-hydrogen) atoms. The maximum Gasteiger partial charge on any atom is 0.420 e. The first-order valence-electron chi connectivity index (χ1n) is 13.1. The molecule has 7 nitrogen and oxygen atoms in total. The van der Waals surface area contributed by atoms with Crippen molar-refractivity contribution in [2.45, 2.75) is 50.7 Å². The van der Waals surface area contributed by atoms with Crippen LogP contribution >= 0.6 is 0 Å². The molecule has 16 heteroatoms. The molecule has 242 valence electrons. The number of carbonyl (C=O) groups excluding carboxylic acids is 1. The lowest BCUT2D eigenvalue weighted by atomic mass is 9.98. The topological polar surface area (TPSA) is 88.9 Å². The Bertz CT molecular complexity index is 1360. The van der Waals surface area contributed by atoms with Crippen molar-refractivity contribution in [2.75, 3.05) is 31.1 Å². The third-order valence-electron chi connectivity index (χ3n) is 6.52. The van der Waals surface area contributed by atoms with E-state index in [0.29, 0.717) is 6.21 Å². The number of anilines is 1. The number of likely N-dealkylation sites (tertiary alicyclic amines) is 1. The lowest BCUT2D eigenvalue weighted by Gasteiger charge is -2.27. The van der Waals surface area contributed by atoms with E-state index in [2.05, 4.69) is 5.32 Å². The monoisotopic (exact) mass is 640 g/mol. The van der Waals surface area contributed by atoms with E-state index in [1.807, 2.05) is 0 Å². The second kappa shape index (κ2) is 13.5. The van der Waals surface area contributed by atoms with Crippen molar-refractivity contribution in [1.82, 2.24) is 10.2 Å². The SMILES string of the molecule is CC(C)N(C(=O)Oc1c(/C(C=N)=C/NCC(O)CN2CCC(F)(F)C2)cc(C(F)(F)F)cc1C(F)(F)F)c1ccc(F)cc1. The highest BCUT2D eigenvalue weighted by atomic mass is 19.4. The number of carbonyl (C=O) groups is 1. The zero-order valence-corrected chi connectivity index (χ0v) is 23.4. The van der Waals surface area contributed by atoms with E-state index in [1.165, 1.54) is 18.7 Å². The van der Waals surface area contributed by atoms with Crippen molar-refractivity contribution in [3.05, 3.63) is 65.1 Å². The molecule has 1 unspecified atom stereocenters. The van der Waals surface area contributed by atoms with Gasteiger partial charge in [-0.1, -0.05) is 0 Å². The van der Waals surface area contributed by atoms with Crippen LogP contribution in [0, 0.1) is 11.2 Å². The van der Waals surface area contributed by atoms with E-state index >= 15 is 0 Å². The molecule has 1 heterocycles. The molecule has 1 aliphatic heterocycles. The van der Waals surface area contributed by atoms with Crippen molar-refractivity contribution in [3.63, 3.8) is 0 Å². The minimum absolute atomic E-state index is 0.0101. The second-order valence-electron chi connectivity index (χ2n) is 10.4. The van der Waals surface area contributed by atoms with Gasteiger partial charge in [-0.3, -0.25) is 9.80 Å². The van der Waals surface area contributed by atoms with E-state index in [1.54, 1.807) is 0 Å². The van der Waals surface area contributed by atoms with E-state index in [-0.39, 0.29) is 37.5 Å². The van der Waals surface area contributed by atoms with Gasteiger partial charge < -0.3 is 20.6 Å². The summed E-state index contributed by atoms with van der Waals surface area (Å²) in [5.41, 5.74) is -5.22. The Kier molecular flexibility index (Phi) is 10.6. The van der Waals surface area contributed by atoms with E-state index in [0.717, 1.165) is 35.4 Å². The minimum Gasteiger partial charge on any atom is -0.409 e. The third kappa shape index (κ3) is 8.87. The fraction of sp³-hybridized carbons (Fsp3) is 0.429. The highest BCUT2D eigenvalue weighted by Crippen LogP contribution is 2.44. The number of allylic oxidation sites excluding steroid dienone is 1. The number of nitrogens with one attached hydrogen (secondary N) is 2. The number of β-amino-alcohol motifs (C(OH)–C–C–N with tert-alkyl or cyclic N) is 1. The Hall–Kier alpha value is -3.79. The molecule has 1 fully saturated rings. The van der Waals surface area contributed by atoms with E-state index in [4.69, 9.17) is 10.1 Å². The molecule has 1 saturated heterocycles. The summed E-state index contributed by atoms with van der Waals surface area (Å²) in [5, 5.41) is 20.4. The van der Waals surface area contributed by atoms with Gasteiger partial charge in [0.05, 0.1) is 23.8 Å². The normalized spacial score (nSPS) is 16.6. The zero-order valence-electron chi connectivity index (χ0n) is 23.4. The quantitative estimate of drug-likeness (QED) is 0.202. The molecule has 0 bridgehead atoms. The number of rotatable bonds is 10. The third-order valence-corrected chi connectivity index (χ3v) is 6.52. The molecule has 0 saturated carbocycles. The lowest BCUT2D eigenvalue weighted by Crippen LogP contribution is -2.39. The van der Waals surface area contributed by atoms with Gasteiger partial charge in [0.2, 0.25) is 0 Å². The van der Waals surface area contributed by atoms with Crippen LogP contribution in [0.3, 0.4) is 0 Å². The number of hydrogen-bond donors (Lipinski definition) is 3. The predicted molar refractivity (Wildman–Crippen MR) is 143 cm³/mol. The Balaban J connectivity index is 2.02. The molecule has 3 rings (SSSR count). The molecular weight excluding hydrogens is 611 g/mol. The first-order valence-corrected chi connectivity index (χ1v) is 13.1. The number of ether oxygens (including phenoxy) is 1. The smallest absolute Gasteiger partial charge is 0.409 e. The Morgan fingerprint density at radius 2 is 1.77 bits per heavy atom. The predicted octanol–water partition coefficient (Wildman–Crippen LogP) is 6.56. The number of benzene rings is 2. The molecule has 1 atom stereocenters.